The Morgan fingerprint density at radius 2 is 1.67 bits per heavy atom. The van der Waals surface area contributed by atoms with E-state index in [2.05, 4.69) is 4.90 Å². The summed E-state index contributed by atoms with van der Waals surface area (Å²) in [6.45, 7) is 1.65. The first kappa shape index (κ1) is 21.3. The van der Waals surface area contributed by atoms with Crippen LogP contribution in [0.1, 0.15) is 49.1 Å². The maximum absolute atomic E-state index is 10.8. The molecule has 0 bridgehead atoms. The molecule has 1 heterocycles. The van der Waals surface area contributed by atoms with E-state index in [4.69, 9.17) is 4.74 Å². The number of hydrogen-bond donors (Lipinski definition) is 3. The molecule has 2 aliphatic rings. The predicted molar refractivity (Wildman–Crippen MR) is 116 cm³/mol. The van der Waals surface area contributed by atoms with Gasteiger partial charge in [0.2, 0.25) is 0 Å². The number of aliphatic hydroxyl groups excluding tert-OH is 2. The fourth-order valence-electron chi connectivity index (χ4n) is 4.89. The molecular formula is C25H33NO4. The molecular weight excluding hydrogens is 378 g/mol. The average molecular weight is 412 g/mol. The number of benzene rings is 2. The summed E-state index contributed by atoms with van der Waals surface area (Å²) in [7, 11) is 0. The standard InChI is InChI=1S/C25H33NO4/c27-17-23-24(28)22(20-7-3-1-4-8-20)16-26(23)15-19-9-11-21(12-10-19)30-18-25(29)13-5-2-6-14-25/h1,3-4,7-12,22-24,27-29H,2,5-6,13-18H2/t22-,23-,24-/m1/s1. The Morgan fingerprint density at radius 1 is 0.967 bits per heavy atom. The molecule has 0 spiro atoms. The molecule has 2 fully saturated rings. The van der Waals surface area contributed by atoms with Gasteiger partial charge in [0.05, 0.1) is 24.4 Å². The minimum Gasteiger partial charge on any atom is -0.491 e. The van der Waals surface area contributed by atoms with Crippen LogP contribution in [0.3, 0.4) is 0 Å². The molecule has 0 radical (unpaired) electrons. The van der Waals surface area contributed by atoms with Crippen molar-refractivity contribution in [2.24, 2.45) is 0 Å². The second-order valence-corrected chi connectivity index (χ2v) is 8.90. The predicted octanol–water partition coefficient (Wildman–Crippen LogP) is 3.08. The Hall–Kier alpha value is -1.92. The van der Waals surface area contributed by atoms with Gasteiger partial charge in [-0.05, 0) is 36.1 Å². The molecule has 162 valence electrons. The van der Waals surface area contributed by atoms with Crippen LogP contribution in [-0.4, -0.2) is 57.7 Å². The monoisotopic (exact) mass is 411 g/mol. The third-order valence-electron chi connectivity index (χ3n) is 6.72. The van der Waals surface area contributed by atoms with E-state index in [0.29, 0.717) is 19.7 Å². The smallest absolute Gasteiger partial charge is 0.119 e. The van der Waals surface area contributed by atoms with Gasteiger partial charge in [0.15, 0.2) is 0 Å². The summed E-state index contributed by atoms with van der Waals surface area (Å²) in [6.07, 6.45) is 4.37. The fraction of sp³-hybridized carbons (Fsp3) is 0.520. The largest absolute Gasteiger partial charge is 0.491 e. The van der Waals surface area contributed by atoms with Crippen LogP contribution >= 0.6 is 0 Å². The van der Waals surface area contributed by atoms with Gasteiger partial charge in [0, 0.05) is 19.0 Å². The maximum Gasteiger partial charge on any atom is 0.119 e. The highest BCUT2D eigenvalue weighted by Gasteiger charge is 2.40. The van der Waals surface area contributed by atoms with Gasteiger partial charge in [-0.3, -0.25) is 4.90 Å². The molecule has 3 atom stereocenters. The number of aliphatic hydroxyl groups is 3. The summed E-state index contributed by atoms with van der Waals surface area (Å²) in [6, 6.07) is 17.7. The van der Waals surface area contributed by atoms with Crippen molar-refractivity contribution in [3.8, 4) is 5.75 Å². The van der Waals surface area contributed by atoms with E-state index in [9.17, 15) is 15.3 Å². The fourth-order valence-corrected chi connectivity index (χ4v) is 4.89. The van der Waals surface area contributed by atoms with E-state index in [-0.39, 0.29) is 18.6 Å². The molecule has 5 nitrogen and oxygen atoms in total. The van der Waals surface area contributed by atoms with Gasteiger partial charge < -0.3 is 20.1 Å². The van der Waals surface area contributed by atoms with Crippen molar-refractivity contribution in [2.75, 3.05) is 19.8 Å². The molecule has 1 saturated carbocycles. The molecule has 4 rings (SSSR count). The highest BCUT2D eigenvalue weighted by atomic mass is 16.5. The number of nitrogens with zero attached hydrogens (tertiary/aromatic N) is 1. The molecule has 1 saturated heterocycles. The average Bonchev–Trinajstić information content (AvgIpc) is 3.09. The maximum atomic E-state index is 10.8. The summed E-state index contributed by atoms with van der Waals surface area (Å²) < 4.78 is 5.86. The van der Waals surface area contributed by atoms with Crippen molar-refractivity contribution in [1.82, 2.24) is 4.90 Å². The lowest BCUT2D eigenvalue weighted by Gasteiger charge is -2.31. The molecule has 1 aliphatic heterocycles. The Balaban J connectivity index is 1.36. The Kier molecular flexibility index (Phi) is 6.74. The minimum atomic E-state index is -0.691. The van der Waals surface area contributed by atoms with E-state index in [0.717, 1.165) is 42.6 Å². The van der Waals surface area contributed by atoms with Crippen LogP contribution in [0.5, 0.6) is 5.75 Å². The number of rotatable bonds is 7. The molecule has 1 aliphatic carbocycles. The number of likely N-dealkylation sites (tertiary alicyclic amines) is 1. The van der Waals surface area contributed by atoms with Crippen molar-refractivity contribution in [1.29, 1.82) is 0 Å². The lowest BCUT2D eigenvalue weighted by Crippen LogP contribution is -2.38. The molecule has 0 unspecified atom stereocenters. The second kappa shape index (κ2) is 9.48. The summed E-state index contributed by atoms with van der Waals surface area (Å²) in [5.74, 6) is 0.766. The third-order valence-corrected chi connectivity index (χ3v) is 6.72. The third kappa shape index (κ3) is 4.86. The van der Waals surface area contributed by atoms with Crippen molar-refractivity contribution in [3.63, 3.8) is 0 Å². The van der Waals surface area contributed by atoms with Crippen molar-refractivity contribution in [2.45, 2.75) is 62.3 Å². The van der Waals surface area contributed by atoms with Crippen LogP contribution in [-0.2, 0) is 6.54 Å². The van der Waals surface area contributed by atoms with E-state index >= 15 is 0 Å². The lowest BCUT2D eigenvalue weighted by atomic mass is 9.85. The van der Waals surface area contributed by atoms with Crippen molar-refractivity contribution >= 4 is 0 Å². The Bertz CT molecular complexity index is 789. The molecule has 0 aromatic heterocycles. The van der Waals surface area contributed by atoms with Gasteiger partial charge >= 0.3 is 0 Å². The van der Waals surface area contributed by atoms with Crippen LogP contribution in [0.15, 0.2) is 54.6 Å². The van der Waals surface area contributed by atoms with E-state index in [1.807, 2.05) is 54.6 Å². The van der Waals surface area contributed by atoms with E-state index in [1.54, 1.807) is 0 Å². The highest BCUT2D eigenvalue weighted by Crippen LogP contribution is 2.33. The van der Waals surface area contributed by atoms with Crippen LogP contribution in [0.4, 0.5) is 0 Å². The SMILES string of the molecule is OC[C@@H]1[C@H](O)[C@@H](c2ccccc2)CN1Cc1ccc(OCC2(O)CCCCC2)cc1. The highest BCUT2D eigenvalue weighted by molar-refractivity contribution is 5.28. The second-order valence-electron chi connectivity index (χ2n) is 8.90. The van der Waals surface area contributed by atoms with Crippen LogP contribution in [0, 0.1) is 0 Å². The molecule has 2 aromatic carbocycles. The zero-order chi connectivity index (χ0) is 21.0. The first-order valence-corrected chi connectivity index (χ1v) is 11.1. The zero-order valence-electron chi connectivity index (χ0n) is 17.5. The first-order valence-electron chi connectivity index (χ1n) is 11.1. The van der Waals surface area contributed by atoms with Crippen molar-refractivity contribution < 1.29 is 20.1 Å². The summed E-state index contributed by atoms with van der Waals surface area (Å²) >= 11 is 0. The lowest BCUT2D eigenvalue weighted by molar-refractivity contribution is -0.0339. The van der Waals surface area contributed by atoms with Gasteiger partial charge in [-0.1, -0.05) is 61.7 Å². The summed E-state index contributed by atoms with van der Waals surface area (Å²) in [5.41, 5.74) is 1.53. The van der Waals surface area contributed by atoms with Gasteiger partial charge in [-0.25, -0.2) is 0 Å². The quantitative estimate of drug-likeness (QED) is 0.653. The topological polar surface area (TPSA) is 73.2 Å². The van der Waals surface area contributed by atoms with Crippen molar-refractivity contribution in [3.05, 3.63) is 65.7 Å². The van der Waals surface area contributed by atoms with Gasteiger partial charge in [-0.15, -0.1) is 0 Å². The summed E-state index contributed by atoms with van der Waals surface area (Å²) in [4.78, 5) is 2.16. The molecule has 30 heavy (non-hydrogen) atoms. The van der Waals surface area contributed by atoms with Gasteiger partial charge in [0.25, 0.3) is 0 Å². The molecule has 0 amide bonds. The molecule has 5 heteroatoms. The number of ether oxygens (including phenoxy) is 1. The number of hydrogen-bond acceptors (Lipinski definition) is 5. The van der Waals surface area contributed by atoms with Gasteiger partial charge in [0.1, 0.15) is 12.4 Å². The zero-order valence-corrected chi connectivity index (χ0v) is 17.5. The van der Waals surface area contributed by atoms with Crippen LogP contribution in [0.2, 0.25) is 0 Å². The van der Waals surface area contributed by atoms with Gasteiger partial charge in [-0.2, -0.15) is 0 Å². The Morgan fingerprint density at radius 3 is 2.33 bits per heavy atom. The molecule has 3 N–H and O–H groups in total. The Labute approximate surface area is 178 Å². The van der Waals surface area contributed by atoms with E-state index < -0.39 is 11.7 Å². The minimum absolute atomic E-state index is 0.00203. The van der Waals surface area contributed by atoms with E-state index in [1.165, 1.54) is 6.42 Å². The first-order chi connectivity index (χ1) is 14.6. The normalized spacial score (nSPS) is 26.6. The van der Waals surface area contributed by atoms with Crippen LogP contribution in [0.25, 0.3) is 0 Å². The van der Waals surface area contributed by atoms with Crippen LogP contribution < -0.4 is 4.74 Å². The summed E-state index contributed by atoms with van der Waals surface area (Å²) in [5, 5.41) is 31.2. The molecule has 2 aromatic rings.